The number of pyridine rings is 1. The molecular weight excluding hydrogens is 381 g/mol. The summed E-state index contributed by atoms with van der Waals surface area (Å²) in [6.45, 7) is 2.91. The average Bonchev–Trinajstić information content (AvgIpc) is 3.21. The summed E-state index contributed by atoms with van der Waals surface area (Å²) in [5.74, 6) is 0.189. The van der Waals surface area contributed by atoms with Gasteiger partial charge in [-0.1, -0.05) is 0 Å². The van der Waals surface area contributed by atoms with Crippen LogP contribution in [0.2, 0.25) is 0 Å². The average molecular weight is 410 g/mol. The lowest BCUT2D eigenvalue weighted by Crippen LogP contribution is -2.39. The maximum Gasteiger partial charge on any atom is 0.123 e. The van der Waals surface area contributed by atoms with Crippen molar-refractivity contribution in [1.82, 2.24) is 14.9 Å². The monoisotopic (exact) mass is 409 g/mol. The summed E-state index contributed by atoms with van der Waals surface area (Å²) in [6, 6.07) is 12.9. The fraction of sp³-hybridized carbons (Fsp3) is 0.375. The van der Waals surface area contributed by atoms with Gasteiger partial charge in [0.05, 0.1) is 18.4 Å². The van der Waals surface area contributed by atoms with E-state index in [0.29, 0.717) is 19.1 Å². The third-order valence-corrected chi connectivity index (χ3v) is 5.82. The van der Waals surface area contributed by atoms with E-state index in [9.17, 15) is 9.50 Å². The van der Waals surface area contributed by atoms with Crippen LogP contribution in [0.25, 0.3) is 22.4 Å². The molecule has 0 aliphatic carbocycles. The number of likely N-dealkylation sites (tertiary alicyclic amines) is 1. The first-order valence-electron chi connectivity index (χ1n) is 10.4. The number of benzene rings is 1. The summed E-state index contributed by atoms with van der Waals surface area (Å²) >= 11 is 0. The molecule has 3 aromatic rings. The Morgan fingerprint density at radius 3 is 2.50 bits per heavy atom. The molecule has 1 aliphatic rings. The number of H-pyrrole nitrogens is 1. The Kier molecular flexibility index (Phi) is 6.57. The van der Waals surface area contributed by atoms with E-state index in [0.717, 1.165) is 48.3 Å². The van der Waals surface area contributed by atoms with Crippen molar-refractivity contribution in [3.05, 3.63) is 66.4 Å². The lowest BCUT2D eigenvalue weighted by atomic mass is 9.93. The number of methoxy groups -OCH3 is 1. The van der Waals surface area contributed by atoms with Gasteiger partial charge in [0.15, 0.2) is 0 Å². The van der Waals surface area contributed by atoms with Crippen LogP contribution in [0.3, 0.4) is 0 Å². The van der Waals surface area contributed by atoms with Crippen molar-refractivity contribution in [3.63, 3.8) is 0 Å². The Bertz CT molecular complexity index is 935. The summed E-state index contributed by atoms with van der Waals surface area (Å²) < 4.78 is 18.5. The molecule has 5 nitrogen and oxygen atoms in total. The van der Waals surface area contributed by atoms with Gasteiger partial charge in [0.2, 0.25) is 0 Å². The van der Waals surface area contributed by atoms with Gasteiger partial charge in [0, 0.05) is 43.2 Å². The smallest absolute Gasteiger partial charge is 0.123 e. The molecule has 0 radical (unpaired) electrons. The zero-order chi connectivity index (χ0) is 20.9. The number of rotatable bonds is 7. The van der Waals surface area contributed by atoms with E-state index in [-0.39, 0.29) is 5.82 Å². The molecule has 1 aliphatic heterocycles. The molecule has 0 amide bonds. The van der Waals surface area contributed by atoms with Gasteiger partial charge < -0.3 is 19.7 Å². The highest BCUT2D eigenvalue weighted by molar-refractivity contribution is 5.82. The maximum absolute atomic E-state index is 13.4. The normalized spacial score (nSPS) is 16.6. The van der Waals surface area contributed by atoms with Gasteiger partial charge in [0.1, 0.15) is 5.82 Å². The minimum absolute atomic E-state index is 0.237. The Morgan fingerprint density at radius 1 is 1.13 bits per heavy atom. The Balaban J connectivity index is 1.55. The van der Waals surface area contributed by atoms with E-state index in [1.54, 1.807) is 19.5 Å². The number of halogens is 1. The summed E-state index contributed by atoms with van der Waals surface area (Å²) in [7, 11) is 1.61. The van der Waals surface area contributed by atoms with Crippen LogP contribution in [0.1, 0.15) is 24.5 Å². The standard InChI is InChI=1S/C24H28FN3O2/c1-30-16-21(29)15-28-12-8-18(9-13-28)23-14-22(17-6-10-26-11-7-17)24(27-23)19-2-4-20(25)5-3-19/h2-7,10-11,14,18,21,27,29H,8-9,12-13,15-16H2,1H3/t21-/m1/s1. The van der Waals surface area contributed by atoms with Gasteiger partial charge in [-0.2, -0.15) is 0 Å². The molecule has 4 rings (SSSR count). The Hall–Kier alpha value is -2.54. The van der Waals surface area contributed by atoms with Crippen LogP contribution in [-0.4, -0.2) is 59.4 Å². The number of β-amino-alcohol motifs (C(OH)–C–C–N with tert-alkyl or cyclic N) is 1. The molecule has 158 valence electrons. The predicted molar refractivity (Wildman–Crippen MR) is 116 cm³/mol. The Labute approximate surface area is 176 Å². The van der Waals surface area contributed by atoms with Crippen molar-refractivity contribution in [1.29, 1.82) is 0 Å². The number of aliphatic hydroxyl groups excluding tert-OH is 1. The van der Waals surface area contributed by atoms with Crippen molar-refractivity contribution in [2.45, 2.75) is 24.9 Å². The van der Waals surface area contributed by atoms with Crippen LogP contribution < -0.4 is 0 Å². The van der Waals surface area contributed by atoms with Crippen LogP contribution in [0.5, 0.6) is 0 Å². The number of aromatic amines is 1. The molecule has 2 N–H and O–H groups in total. The first-order chi connectivity index (χ1) is 14.6. The van der Waals surface area contributed by atoms with E-state index in [1.807, 2.05) is 24.3 Å². The first-order valence-corrected chi connectivity index (χ1v) is 10.4. The van der Waals surface area contributed by atoms with Gasteiger partial charge in [-0.3, -0.25) is 4.98 Å². The first kappa shape index (κ1) is 20.7. The lowest BCUT2D eigenvalue weighted by Gasteiger charge is -2.32. The summed E-state index contributed by atoms with van der Waals surface area (Å²) in [6.07, 6.45) is 5.19. The minimum Gasteiger partial charge on any atom is -0.389 e. The van der Waals surface area contributed by atoms with Crippen molar-refractivity contribution >= 4 is 0 Å². The number of piperidine rings is 1. The fourth-order valence-electron chi connectivity index (χ4n) is 4.27. The fourth-order valence-corrected chi connectivity index (χ4v) is 4.27. The van der Waals surface area contributed by atoms with Crippen molar-refractivity contribution < 1.29 is 14.2 Å². The molecule has 2 aromatic heterocycles. The third-order valence-electron chi connectivity index (χ3n) is 5.82. The number of aromatic nitrogens is 2. The molecule has 1 saturated heterocycles. The second-order valence-corrected chi connectivity index (χ2v) is 7.94. The van der Waals surface area contributed by atoms with Crippen LogP contribution in [0.15, 0.2) is 54.9 Å². The number of hydrogen-bond acceptors (Lipinski definition) is 4. The molecule has 0 unspecified atom stereocenters. The highest BCUT2D eigenvalue weighted by atomic mass is 19.1. The molecule has 3 heterocycles. The van der Waals surface area contributed by atoms with Crippen LogP contribution >= 0.6 is 0 Å². The molecule has 0 spiro atoms. The number of nitrogens with one attached hydrogen (secondary N) is 1. The molecule has 0 bridgehead atoms. The van der Waals surface area contributed by atoms with Crippen LogP contribution in [0.4, 0.5) is 4.39 Å². The predicted octanol–water partition coefficient (Wildman–Crippen LogP) is 4.07. The molecule has 6 heteroatoms. The van der Waals surface area contributed by atoms with E-state index in [2.05, 4.69) is 20.9 Å². The minimum atomic E-state index is -0.444. The molecule has 0 saturated carbocycles. The molecule has 1 aromatic carbocycles. The molecule has 1 fully saturated rings. The number of ether oxygens (including phenoxy) is 1. The Morgan fingerprint density at radius 2 is 1.83 bits per heavy atom. The van der Waals surface area contributed by atoms with E-state index >= 15 is 0 Å². The van der Waals surface area contributed by atoms with Crippen molar-refractivity contribution in [2.75, 3.05) is 33.4 Å². The largest absolute Gasteiger partial charge is 0.389 e. The zero-order valence-electron chi connectivity index (χ0n) is 17.2. The quantitative estimate of drug-likeness (QED) is 0.618. The topological polar surface area (TPSA) is 61.4 Å². The van der Waals surface area contributed by atoms with Crippen LogP contribution in [-0.2, 0) is 4.74 Å². The van der Waals surface area contributed by atoms with E-state index < -0.39 is 6.10 Å². The highest BCUT2D eigenvalue weighted by Crippen LogP contribution is 2.37. The number of nitrogens with zero attached hydrogens (tertiary/aromatic N) is 2. The van der Waals surface area contributed by atoms with Crippen molar-refractivity contribution in [2.24, 2.45) is 0 Å². The van der Waals surface area contributed by atoms with Gasteiger partial charge in [-0.15, -0.1) is 0 Å². The van der Waals surface area contributed by atoms with E-state index in [1.165, 1.54) is 17.8 Å². The summed E-state index contributed by atoms with van der Waals surface area (Å²) in [4.78, 5) is 10.1. The SMILES string of the molecule is COC[C@H](O)CN1CCC(c2cc(-c3ccncc3)c(-c3ccc(F)cc3)[nH]2)CC1. The summed E-state index contributed by atoms with van der Waals surface area (Å²) in [5, 5.41) is 9.99. The zero-order valence-corrected chi connectivity index (χ0v) is 17.2. The third kappa shape index (κ3) is 4.78. The maximum atomic E-state index is 13.4. The second-order valence-electron chi connectivity index (χ2n) is 7.94. The lowest BCUT2D eigenvalue weighted by molar-refractivity contribution is 0.0319. The van der Waals surface area contributed by atoms with E-state index in [4.69, 9.17) is 4.74 Å². The second kappa shape index (κ2) is 9.51. The van der Waals surface area contributed by atoms with Gasteiger partial charge in [-0.05, 0) is 79.5 Å². The number of hydrogen-bond donors (Lipinski definition) is 2. The van der Waals surface area contributed by atoms with Crippen molar-refractivity contribution in [3.8, 4) is 22.4 Å². The van der Waals surface area contributed by atoms with Gasteiger partial charge in [0.25, 0.3) is 0 Å². The summed E-state index contributed by atoms with van der Waals surface area (Å²) in [5.41, 5.74) is 5.38. The van der Waals surface area contributed by atoms with Gasteiger partial charge >= 0.3 is 0 Å². The molecule has 1 atom stereocenters. The highest BCUT2D eigenvalue weighted by Gasteiger charge is 2.25. The number of aliphatic hydroxyl groups is 1. The molecule has 30 heavy (non-hydrogen) atoms. The van der Waals surface area contributed by atoms with Gasteiger partial charge in [-0.25, -0.2) is 4.39 Å². The van der Waals surface area contributed by atoms with Crippen LogP contribution in [0, 0.1) is 5.82 Å². The molecular formula is C24H28FN3O2.